The van der Waals surface area contributed by atoms with Gasteiger partial charge in [0.1, 0.15) is 5.69 Å². The van der Waals surface area contributed by atoms with Crippen LogP contribution in [0.4, 0.5) is 4.39 Å². The summed E-state index contributed by atoms with van der Waals surface area (Å²) in [6.07, 6.45) is 3.00. The molecule has 0 aliphatic rings. The number of hydrogen-bond acceptors (Lipinski definition) is 6. The van der Waals surface area contributed by atoms with Crippen molar-refractivity contribution in [2.75, 3.05) is 12.4 Å². The predicted molar refractivity (Wildman–Crippen MR) is 72.6 cm³/mol. The van der Waals surface area contributed by atoms with Gasteiger partial charge in [-0.15, -0.1) is 0 Å². The highest BCUT2D eigenvalue weighted by Gasteiger charge is 2.10. The van der Waals surface area contributed by atoms with Crippen LogP contribution in [0.1, 0.15) is 6.92 Å². The topological polar surface area (TPSA) is 65.0 Å². The van der Waals surface area contributed by atoms with E-state index in [2.05, 4.69) is 15.0 Å². The van der Waals surface area contributed by atoms with Gasteiger partial charge in [0.05, 0.1) is 18.1 Å². The third-order valence-electron chi connectivity index (χ3n) is 2.26. The average molecular weight is 293 g/mol. The minimum absolute atomic E-state index is 0.113. The quantitative estimate of drug-likeness (QED) is 0.479. The van der Waals surface area contributed by atoms with Crippen LogP contribution in [0.25, 0.3) is 11.4 Å². The van der Waals surface area contributed by atoms with Crippen LogP contribution < -0.4 is 0 Å². The number of carbonyl (C=O) groups excluding carboxylic acids is 1. The van der Waals surface area contributed by atoms with Gasteiger partial charge in [-0.3, -0.25) is 9.78 Å². The predicted octanol–water partition coefficient (Wildman–Crippen LogP) is 2.33. The van der Waals surface area contributed by atoms with E-state index in [0.717, 1.165) is 11.8 Å². The van der Waals surface area contributed by atoms with E-state index < -0.39 is 5.82 Å². The molecule has 0 saturated carbocycles. The van der Waals surface area contributed by atoms with Crippen LogP contribution in [0.3, 0.4) is 0 Å². The second-order valence-electron chi connectivity index (χ2n) is 3.65. The molecule has 0 unspecified atom stereocenters. The summed E-state index contributed by atoms with van der Waals surface area (Å²) in [5.74, 6) is -0.676. The van der Waals surface area contributed by atoms with Gasteiger partial charge in [-0.05, 0) is 25.1 Å². The maximum Gasteiger partial charge on any atom is 0.316 e. The van der Waals surface area contributed by atoms with Crippen LogP contribution in [0.15, 0.2) is 35.7 Å². The number of hydrogen-bond donors (Lipinski definition) is 0. The van der Waals surface area contributed by atoms with Gasteiger partial charge in [-0.2, -0.15) is 0 Å². The molecule has 7 heteroatoms. The zero-order chi connectivity index (χ0) is 14.4. The third-order valence-corrected chi connectivity index (χ3v) is 3.09. The highest BCUT2D eigenvalue weighted by molar-refractivity contribution is 7.99. The van der Waals surface area contributed by atoms with Crippen molar-refractivity contribution in [1.82, 2.24) is 15.0 Å². The molecule has 0 N–H and O–H groups in total. The summed E-state index contributed by atoms with van der Waals surface area (Å²) in [7, 11) is 0. The molecule has 0 aliphatic carbocycles. The molecule has 0 amide bonds. The van der Waals surface area contributed by atoms with Crippen LogP contribution >= 0.6 is 11.8 Å². The molecule has 0 saturated heterocycles. The summed E-state index contributed by atoms with van der Waals surface area (Å²) in [6, 6.07) is 4.39. The van der Waals surface area contributed by atoms with Gasteiger partial charge in [0, 0.05) is 12.4 Å². The third kappa shape index (κ3) is 3.74. The van der Waals surface area contributed by atoms with Crippen LogP contribution in [-0.4, -0.2) is 33.3 Å². The van der Waals surface area contributed by atoms with Gasteiger partial charge in [-0.1, -0.05) is 11.8 Å². The smallest absolute Gasteiger partial charge is 0.316 e. The lowest BCUT2D eigenvalue weighted by atomic mass is 10.2. The van der Waals surface area contributed by atoms with Crippen LogP contribution in [-0.2, 0) is 9.53 Å². The molecule has 0 spiro atoms. The number of ether oxygens (including phenoxy) is 1. The van der Waals surface area contributed by atoms with Gasteiger partial charge >= 0.3 is 5.97 Å². The number of thioether (sulfide) groups is 1. The lowest BCUT2D eigenvalue weighted by Crippen LogP contribution is -2.07. The summed E-state index contributed by atoms with van der Waals surface area (Å²) < 4.78 is 18.4. The van der Waals surface area contributed by atoms with Crippen molar-refractivity contribution >= 4 is 17.7 Å². The van der Waals surface area contributed by atoms with E-state index in [1.807, 2.05) is 0 Å². The Morgan fingerprint density at radius 3 is 2.95 bits per heavy atom. The monoisotopic (exact) mass is 293 g/mol. The van der Waals surface area contributed by atoms with Gasteiger partial charge in [0.2, 0.25) is 0 Å². The van der Waals surface area contributed by atoms with Crippen molar-refractivity contribution in [3.05, 3.63) is 36.4 Å². The first-order valence-electron chi connectivity index (χ1n) is 5.93. The molecule has 0 fully saturated rings. The molecule has 104 valence electrons. The summed E-state index contributed by atoms with van der Waals surface area (Å²) in [5.41, 5.74) is 0.539. The zero-order valence-electron chi connectivity index (χ0n) is 10.7. The van der Waals surface area contributed by atoms with E-state index in [1.54, 1.807) is 13.0 Å². The number of carbonyl (C=O) groups is 1. The molecular weight excluding hydrogens is 281 g/mol. The van der Waals surface area contributed by atoms with Crippen molar-refractivity contribution in [2.24, 2.45) is 0 Å². The Morgan fingerprint density at radius 1 is 1.35 bits per heavy atom. The van der Waals surface area contributed by atoms with Crippen molar-refractivity contribution in [2.45, 2.75) is 12.1 Å². The number of nitrogens with zero attached hydrogens (tertiary/aromatic N) is 3. The van der Waals surface area contributed by atoms with E-state index in [0.29, 0.717) is 17.5 Å². The molecule has 5 nitrogen and oxygen atoms in total. The molecule has 2 rings (SSSR count). The number of aromatic nitrogens is 3. The van der Waals surface area contributed by atoms with Crippen LogP contribution in [0.5, 0.6) is 0 Å². The van der Waals surface area contributed by atoms with Gasteiger partial charge < -0.3 is 4.74 Å². The maximum absolute atomic E-state index is 13.6. The fourth-order valence-corrected chi connectivity index (χ4v) is 2.07. The highest BCUT2D eigenvalue weighted by Crippen LogP contribution is 2.20. The van der Waals surface area contributed by atoms with E-state index >= 15 is 0 Å². The Morgan fingerprint density at radius 2 is 2.20 bits per heavy atom. The van der Waals surface area contributed by atoms with Crippen molar-refractivity contribution in [3.63, 3.8) is 0 Å². The summed E-state index contributed by atoms with van der Waals surface area (Å²) >= 11 is 1.14. The van der Waals surface area contributed by atoms with E-state index in [9.17, 15) is 9.18 Å². The SMILES string of the molecule is CCOC(=O)CSc1nccc(-c2ncccc2F)n1. The second-order valence-corrected chi connectivity index (χ2v) is 4.59. The number of pyridine rings is 1. The van der Waals surface area contributed by atoms with Crippen LogP contribution in [0, 0.1) is 5.82 Å². The molecule has 0 radical (unpaired) electrons. The molecule has 0 aliphatic heterocycles. The minimum atomic E-state index is -0.451. The van der Waals surface area contributed by atoms with E-state index in [4.69, 9.17) is 4.74 Å². The van der Waals surface area contributed by atoms with Crippen LogP contribution in [0.2, 0.25) is 0 Å². The summed E-state index contributed by atoms with van der Waals surface area (Å²) in [6.45, 7) is 2.07. The molecule has 20 heavy (non-hydrogen) atoms. The first kappa shape index (κ1) is 14.4. The molecule has 2 aromatic rings. The largest absolute Gasteiger partial charge is 0.465 e. The molecular formula is C13H12FN3O2S. The second kappa shape index (κ2) is 6.95. The Bertz CT molecular complexity index is 610. The fourth-order valence-electron chi connectivity index (χ4n) is 1.44. The molecule has 0 bridgehead atoms. The first-order chi connectivity index (χ1) is 9.70. The number of halogens is 1. The molecule has 2 heterocycles. The van der Waals surface area contributed by atoms with Crippen molar-refractivity contribution < 1.29 is 13.9 Å². The Balaban J connectivity index is 2.12. The Hall–Kier alpha value is -2.02. The highest BCUT2D eigenvalue weighted by atomic mass is 32.2. The molecule has 0 atom stereocenters. The van der Waals surface area contributed by atoms with Crippen molar-refractivity contribution in [1.29, 1.82) is 0 Å². The van der Waals surface area contributed by atoms with Crippen molar-refractivity contribution in [3.8, 4) is 11.4 Å². The average Bonchev–Trinajstić information content (AvgIpc) is 2.46. The minimum Gasteiger partial charge on any atom is -0.465 e. The lowest BCUT2D eigenvalue weighted by molar-refractivity contribution is -0.139. The number of esters is 1. The number of rotatable bonds is 5. The van der Waals surface area contributed by atoms with Gasteiger partial charge in [-0.25, -0.2) is 14.4 Å². The standard InChI is InChI=1S/C13H12FN3O2S/c1-2-19-11(18)8-20-13-16-7-5-10(17-13)12-9(14)4-3-6-15-12/h3-7H,2,8H2,1H3. The fraction of sp³-hybridized carbons (Fsp3) is 0.231. The summed E-state index contributed by atoms with van der Waals surface area (Å²) in [5, 5.41) is 0.376. The molecule has 2 aromatic heterocycles. The van der Waals surface area contributed by atoms with Gasteiger partial charge in [0.15, 0.2) is 11.0 Å². The van der Waals surface area contributed by atoms with Gasteiger partial charge in [0.25, 0.3) is 0 Å². The van der Waals surface area contributed by atoms with E-state index in [1.165, 1.54) is 24.5 Å². The zero-order valence-corrected chi connectivity index (χ0v) is 11.6. The first-order valence-corrected chi connectivity index (χ1v) is 6.91. The summed E-state index contributed by atoms with van der Waals surface area (Å²) in [4.78, 5) is 23.4. The Kier molecular flexibility index (Phi) is 5.00. The van der Waals surface area contributed by atoms with E-state index in [-0.39, 0.29) is 17.4 Å². The Labute approximate surface area is 119 Å². The normalized spacial score (nSPS) is 10.3. The molecule has 0 aromatic carbocycles. The lowest BCUT2D eigenvalue weighted by Gasteiger charge is -2.04. The maximum atomic E-state index is 13.6.